The Hall–Kier alpha value is 0.149. The Labute approximate surface area is 109 Å². The van der Waals surface area contributed by atoms with Crippen molar-refractivity contribution in [2.45, 2.75) is 80.4 Å². The van der Waals surface area contributed by atoms with Crippen molar-refractivity contribution in [3.63, 3.8) is 0 Å². The van der Waals surface area contributed by atoms with E-state index in [1.807, 2.05) is 0 Å². The normalized spacial score (nSPS) is 111. The number of hydrogen-bond acceptors (Lipinski definition) is 2. The number of hydrogen-bond donors (Lipinski definition) is 1. The molecule has 110 valence electrons. The van der Waals surface area contributed by atoms with Crippen LogP contribution in [0.15, 0.2) is 0 Å². The zero-order valence-electron chi connectivity index (χ0n) is 10.9. The number of rotatable bonds is 2. The first-order valence-corrected chi connectivity index (χ1v) is 14.8. The molecule has 1 N–H and O–H groups in total. The van der Waals surface area contributed by atoms with Crippen molar-refractivity contribution in [1.82, 2.24) is 5.32 Å². The molecule has 2 nitrogen and oxygen atoms in total. The van der Waals surface area contributed by atoms with Crippen molar-refractivity contribution in [3.05, 3.63) is 0 Å². The molecule has 0 saturated carbocycles. The molecule has 11 fully saturated rings. The summed E-state index contributed by atoms with van der Waals surface area (Å²) in [6, 6.07) is 0.313. The summed E-state index contributed by atoms with van der Waals surface area (Å²) in [6.45, 7) is -2.01. The molecular weight excluding hydrogens is 290 g/mol. The fourth-order valence-corrected chi connectivity index (χ4v) is 92.2. The fourth-order valence-electron chi connectivity index (χ4n) is 18.2. The SMILES string of the molecule is C.O=C(C1CCCCN1)[C]12[CH]3[CH]4[CH]5[CH]1[Fe]45321678[CH]2[CH]1[CH]6[CH]7[CH]28. The van der Waals surface area contributed by atoms with Gasteiger partial charge >= 0.3 is 102 Å². The third kappa shape index (κ3) is 0.0999. The topological polar surface area (TPSA) is 29.1 Å². The molecule has 0 aromatic carbocycles. The summed E-state index contributed by atoms with van der Waals surface area (Å²) in [5.41, 5.74) is 0. The van der Waals surface area contributed by atoms with E-state index in [1.165, 1.54) is 53.0 Å². The van der Waals surface area contributed by atoms with Gasteiger partial charge in [-0.2, -0.15) is 0 Å². The van der Waals surface area contributed by atoms with Crippen LogP contribution in [-0.2, 0) is 11.3 Å². The zero-order valence-corrected chi connectivity index (χ0v) is 12.0. The van der Waals surface area contributed by atoms with Gasteiger partial charge in [0.25, 0.3) is 0 Å². The van der Waals surface area contributed by atoms with Crippen molar-refractivity contribution < 1.29 is 11.3 Å². The summed E-state index contributed by atoms with van der Waals surface area (Å²) >= 11 is 0. The summed E-state index contributed by atoms with van der Waals surface area (Å²) < 4.78 is 0.508. The standard InChI is InChI=1S/C11H14NO.C5H5.CH4.Fe/c13-11(9-5-1-2-6-9)10-7-3-4-8-12-10;1-2-4-5-3-1;;/h1-2,5-6,10,12H,3-4,7-8H2;1-5H;1H4;. The van der Waals surface area contributed by atoms with E-state index in [1.54, 1.807) is 0 Å². The van der Waals surface area contributed by atoms with Crippen LogP contribution in [0.3, 0.4) is 0 Å². The van der Waals surface area contributed by atoms with Gasteiger partial charge in [0.15, 0.2) is 0 Å². The van der Waals surface area contributed by atoms with Crippen LogP contribution in [0.2, 0.25) is 47.7 Å². The molecule has 0 aromatic heterocycles. The Morgan fingerprint density at radius 2 is 1.55 bits per heavy atom. The molecular formula is C17H23FeNO. The number of carbonyl (C=O) groups excluding carboxylic acids is 1. The molecule has 5 atom stereocenters. The maximum absolute atomic E-state index is 13.5. The minimum atomic E-state index is -3.12. The summed E-state index contributed by atoms with van der Waals surface area (Å²) in [7, 11) is 0. The number of nitrogens with one attached hydrogen (secondary N) is 1. The van der Waals surface area contributed by atoms with E-state index in [0.717, 1.165) is 22.0 Å². The second-order valence-electron chi connectivity index (χ2n) is 12.0. The molecule has 3 heteroatoms. The van der Waals surface area contributed by atoms with E-state index < -0.39 is 6.51 Å². The van der Waals surface area contributed by atoms with Crippen LogP contribution in [0, 0.1) is 0 Å². The predicted octanol–water partition coefficient (Wildman–Crippen LogP) is 4.09. The fraction of sp³-hybridized carbons (Fsp3) is 0.941. The second kappa shape index (κ2) is 0.794. The van der Waals surface area contributed by atoms with Gasteiger partial charge in [-0.15, -0.1) is 0 Å². The van der Waals surface area contributed by atoms with Crippen molar-refractivity contribution in [3.8, 4) is 0 Å². The molecule has 0 amide bonds. The van der Waals surface area contributed by atoms with Gasteiger partial charge in [-0.3, -0.25) is 0 Å². The van der Waals surface area contributed by atoms with Crippen LogP contribution < -0.4 is 5.32 Å². The number of fused-ring (bicyclic) bond motifs is 10. The molecule has 0 radical (unpaired) electrons. The van der Waals surface area contributed by atoms with Crippen LogP contribution in [0.25, 0.3) is 0 Å². The molecule has 11 aliphatic heterocycles. The van der Waals surface area contributed by atoms with Crippen LogP contribution in [0.4, 0.5) is 0 Å². The maximum atomic E-state index is 13.5. The van der Waals surface area contributed by atoms with Gasteiger partial charge in [0.2, 0.25) is 0 Å². The van der Waals surface area contributed by atoms with Crippen molar-refractivity contribution in [2.75, 3.05) is 6.54 Å². The van der Waals surface area contributed by atoms with Gasteiger partial charge < -0.3 is 0 Å². The molecule has 0 aliphatic carbocycles. The Morgan fingerprint density at radius 3 is 1.90 bits per heavy atom. The first-order chi connectivity index (χ1) is 9.06. The van der Waals surface area contributed by atoms with E-state index in [4.69, 9.17) is 0 Å². The Morgan fingerprint density at radius 1 is 0.950 bits per heavy atom. The van der Waals surface area contributed by atoms with Crippen molar-refractivity contribution >= 4 is 5.78 Å². The van der Waals surface area contributed by atoms with E-state index in [0.29, 0.717) is 10.4 Å². The summed E-state index contributed by atoms with van der Waals surface area (Å²) in [5.74, 6) is 0.846. The average Bonchev–Trinajstić information content (AvgIpc) is 3.39. The second-order valence-corrected chi connectivity index (χ2v) is 35.6. The van der Waals surface area contributed by atoms with Crippen LogP contribution >= 0.6 is 0 Å². The average molecular weight is 313 g/mol. The molecule has 11 rings (SSSR count). The van der Waals surface area contributed by atoms with Gasteiger partial charge in [-0.1, -0.05) is 7.43 Å². The number of piperidine rings is 1. The monoisotopic (exact) mass is 313 g/mol. The Balaban J connectivity index is 0.000000765. The number of ketones is 1. The quantitative estimate of drug-likeness (QED) is 0.778. The number of carbonyl (C=O) groups is 1. The van der Waals surface area contributed by atoms with Gasteiger partial charge in [0.05, 0.1) is 0 Å². The Kier molecular flexibility index (Phi) is 0.345. The van der Waals surface area contributed by atoms with Gasteiger partial charge in [-0.05, 0) is 0 Å². The minimum absolute atomic E-state index is 0. The van der Waals surface area contributed by atoms with Crippen LogP contribution in [0.1, 0.15) is 26.7 Å². The van der Waals surface area contributed by atoms with Gasteiger partial charge in [0.1, 0.15) is 0 Å². The van der Waals surface area contributed by atoms with E-state index in [9.17, 15) is 4.79 Å². The molecule has 0 bridgehead atoms. The van der Waals surface area contributed by atoms with Crippen LogP contribution in [0.5, 0.6) is 0 Å². The Bertz CT molecular complexity index is 971. The van der Waals surface area contributed by atoms with Gasteiger partial charge in [-0.25, -0.2) is 0 Å². The first kappa shape index (κ1) is 8.70. The molecule has 11 heterocycles. The molecule has 11 saturated heterocycles. The molecule has 20 heavy (non-hydrogen) atoms. The summed E-state index contributed by atoms with van der Waals surface area (Å²) in [4.78, 5) is 25.0. The van der Waals surface area contributed by atoms with Gasteiger partial charge in [0, 0.05) is 0 Å². The van der Waals surface area contributed by atoms with E-state index >= 15 is 0 Å². The van der Waals surface area contributed by atoms with Crippen molar-refractivity contribution in [2.24, 2.45) is 0 Å². The molecule has 11 aliphatic rings. The summed E-state index contributed by atoms with van der Waals surface area (Å²) in [5, 5.41) is 3.62. The molecule has 1 spiro atoms. The molecule has 5 unspecified atom stereocenters. The predicted molar refractivity (Wildman–Crippen MR) is 73.8 cm³/mol. The van der Waals surface area contributed by atoms with E-state index in [-0.39, 0.29) is 7.43 Å². The zero-order chi connectivity index (χ0) is 11.7. The molecule has 0 aromatic rings. The third-order valence-corrected chi connectivity index (χ3v) is 59.0. The summed E-state index contributed by atoms with van der Waals surface area (Å²) in [6.07, 6.45) is 3.78. The number of Topliss-reactive ketones (excluding diaryl/α,β-unsaturated/α-hetero) is 1. The van der Waals surface area contributed by atoms with Crippen LogP contribution in [-0.4, -0.2) is 18.4 Å². The first-order valence-electron chi connectivity index (χ1n) is 8.55. The van der Waals surface area contributed by atoms with E-state index in [2.05, 4.69) is 5.32 Å². The third-order valence-electron chi connectivity index (χ3n) is 16.7. The van der Waals surface area contributed by atoms with Crippen molar-refractivity contribution in [1.29, 1.82) is 0 Å².